The first-order valence-corrected chi connectivity index (χ1v) is 7.08. The smallest absolute Gasteiger partial charge is 0.247 e. The fourth-order valence-corrected chi connectivity index (χ4v) is 2.56. The van der Waals surface area contributed by atoms with Crippen LogP contribution in [0.1, 0.15) is 24.3 Å². The van der Waals surface area contributed by atoms with E-state index in [4.69, 9.17) is 10.2 Å². The average molecular weight is 272 g/mol. The van der Waals surface area contributed by atoms with E-state index in [9.17, 15) is 0 Å². The van der Waals surface area contributed by atoms with Crippen LogP contribution < -0.4 is 5.73 Å². The highest BCUT2D eigenvalue weighted by Crippen LogP contribution is 2.19. The van der Waals surface area contributed by atoms with Gasteiger partial charge < -0.3 is 10.2 Å². The lowest BCUT2D eigenvalue weighted by Crippen LogP contribution is -2.42. The zero-order valence-corrected chi connectivity index (χ0v) is 11.7. The molecule has 20 heavy (non-hydrogen) atoms. The SMILES string of the molecule is Cc1ccc(-c2nnc(CN3CCCC(N)C3)o2)cc1. The number of rotatable bonds is 3. The van der Waals surface area contributed by atoms with E-state index in [1.807, 2.05) is 24.3 Å². The summed E-state index contributed by atoms with van der Waals surface area (Å²) < 4.78 is 5.74. The molecule has 0 spiro atoms. The van der Waals surface area contributed by atoms with Crippen molar-refractivity contribution >= 4 is 0 Å². The molecule has 1 saturated heterocycles. The van der Waals surface area contributed by atoms with Gasteiger partial charge in [-0.25, -0.2) is 0 Å². The van der Waals surface area contributed by atoms with Crippen LogP contribution >= 0.6 is 0 Å². The molecule has 5 nitrogen and oxygen atoms in total. The molecule has 2 N–H and O–H groups in total. The maximum atomic E-state index is 5.98. The van der Waals surface area contributed by atoms with E-state index in [2.05, 4.69) is 22.0 Å². The number of likely N-dealkylation sites (tertiary alicyclic amines) is 1. The lowest BCUT2D eigenvalue weighted by molar-refractivity contribution is 0.185. The Morgan fingerprint density at radius 1 is 1.30 bits per heavy atom. The van der Waals surface area contributed by atoms with Gasteiger partial charge in [0, 0.05) is 18.2 Å². The highest BCUT2D eigenvalue weighted by molar-refractivity contribution is 5.52. The van der Waals surface area contributed by atoms with Crippen molar-refractivity contribution in [3.8, 4) is 11.5 Å². The van der Waals surface area contributed by atoms with Gasteiger partial charge in [0.25, 0.3) is 0 Å². The second kappa shape index (κ2) is 5.73. The van der Waals surface area contributed by atoms with Gasteiger partial charge in [0.2, 0.25) is 11.8 Å². The van der Waals surface area contributed by atoms with Gasteiger partial charge in [-0.1, -0.05) is 17.7 Å². The van der Waals surface area contributed by atoms with Crippen molar-refractivity contribution in [3.63, 3.8) is 0 Å². The molecule has 1 unspecified atom stereocenters. The number of nitrogens with zero attached hydrogens (tertiary/aromatic N) is 3. The van der Waals surface area contributed by atoms with E-state index in [1.54, 1.807) is 0 Å². The van der Waals surface area contributed by atoms with Gasteiger partial charge in [-0.3, -0.25) is 4.90 Å². The van der Waals surface area contributed by atoms with Gasteiger partial charge in [-0.2, -0.15) is 0 Å². The highest BCUT2D eigenvalue weighted by atomic mass is 16.4. The Morgan fingerprint density at radius 3 is 2.85 bits per heavy atom. The van der Waals surface area contributed by atoms with Gasteiger partial charge in [0.05, 0.1) is 6.54 Å². The van der Waals surface area contributed by atoms with Crippen LogP contribution in [0.2, 0.25) is 0 Å². The third kappa shape index (κ3) is 3.05. The van der Waals surface area contributed by atoms with Gasteiger partial charge >= 0.3 is 0 Å². The minimum atomic E-state index is 0.267. The Balaban J connectivity index is 1.69. The van der Waals surface area contributed by atoms with Crippen LogP contribution in [0.15, 0.2) is 28.7 Å². The van der Waals surface area contributed by atoms with E-state index in [-0.39, 0.29) is 6.04 Å². The second-order valence-electron chi connectivity index (χ2n) is 5.50. The molecule has 2 aromatic rings. The molecule has 0 radical (unpaired) electrons. The molecule has 1 aliphatic rings. The van der Waals surface area contributed by atoms with Crippen LogP contribution in [0.3, 0.4) is 0 Å². The summed E-state index contributed by atoms with van der Waals surface area (Å²) in [6.45, 7) is 4.70. The summed E-state index contributed by atoms with van der Waals surface area (Å²) >= 11 is 0. The molecule has 1 aromatic carbocycles. The first-order valence-electron chi connectivity index (χ1n) is 7.08. The van der Waals surface area contributed by atoms with Crippen molar-refractivity contribution in [1.29, 1.82) is 0 Å². The van der Waals surface area contributed by atoms with Crippen LogP contribution in [0.25, 0.3) is 11.5 Å². The number of hydrogen-bond donors (Lipinski definition) is 1. The molecule has 2 heterocycles. The lowest BCUT2D eigenvalue weighted by Gasteiger charge is -2.29. The van der Waals surface area contributed by atoms with Gasteiger partial charge in [0.15, 0.2) is 0 Å². The molecule has 0 bridgehead atoms. The monoisotopic (exact) mass is 272 g/mol. The third-order valence-corrected chi connectivity index (χ3v) is 3.67. The molecule has 0 amide bonds. The number of benzene rings is 1. The van der Waals surface area contributed by atoms with Crippen molar-refractivity contribution in [3.05, 3.63) is 35.7 Å². The topological polar surface area (TPSA) is 68.2 Å². The Hall–Kier alpha value is -1.72. The van der Waals surface area contributed by atoms with E-state index < -0.39 is 0 Å². The second-order valence-corrected chi connectivity index (χ2v) is 5.50. The van der Waals surface area contributed by atoms with Crippen molar-refractivity contribution in [2.24, 2.45) is 5.73 Å². The normalized spacial score (nSPS) is 20.2. The maximum absolute atomic E-state index is 5.98. The molecule has 5 heteroatoms. The Kier molecular flexibility index (Phi) is 3.80. The van der Waals surface area contributed by atoms with E-state index in [0.29, 0.717) is 18.3 Å². The molecular formula is C15H20N4O. The van der Waals surface area contributed by atoms with Crippen molar-refractivity contribution in [2.75, 3.05) is 13.1 Å². The van der Waals surface area contributed by atoms with E-state index in [1.165, 1.54) is 5.56 Å². The quantitative estimate of drug-likeness (QED) is 0.925. The zero-order valence-electron chi connectivity index (χ0n) is 11.7. The molecule has 106 valence electrons. The predicted octanol–water partition coefficient (Wildman–Crippen LogP) is 1.97. The van der Waals surface area contributed by atoms with Crippen LogP contribution in [0.5, 0.6) is 0 Å². The van der Waals surface area contributed by atoms with E-state index in [0.717, 1.165) is 31.5 Å². The average Bonchev–Trinajstić information content (AvgIpc) is 2.88. The minimum absolute atomic E-state index is 0.267. The van der Waals surface area contributed by atoms with Crippen molar-refractivity contribution < 1.29 is 4.42 Å². The number of aromatic nitrogens is 2. The zero-order chi connectivity index (χ0) is 13.9. The van der Waals surface area contributed by atoms with Gasteiger partial charge in [-0.15, -0.1) is 10.2 Å². The fraction of sp³-hybridized carbons (Fsp3) is 0.467. The maximum Gasteiger partial charge on any atom is 0.247 e. The number of nitrogens with two attached hydrogens (primary N) is 1. The first kappa shape index (κ1) is 13.3. The summed E-state index contributed by atoms with van der Waals surface area (Å²) in [5, 5.41) is 8.26. The number of hydrogen-bond acceptors (Lipinski definition) is 5. The molecule has 0 saturated carbocycles. The van der Waals surface area contributed by atoms with Crippen molar-refractivity contribution in [1.82, 2.24) is 15.1 Å². The summed E-state index contributed by atoms with van der Waals surface area (Å²) in [5.74, 6) is 1.25. The summed E-state index contributed by atoms with van der Waals surface area (Å²) in [4.78, 5) is 2.28. The number of piperidine rings is 1. The minimum Gasteiger partial charge on any atom is -0.419 e. The van der Waals surface area contributed by atoms with Crippen LogP contribution in [-0.4, -0.2) is 34.2 Å². The largest absolute Gasteiger partial charge is 0.419 e. The third-order valence-electron chi connectivity index (χ3n) is 3.67. The summed E-state index contributed by atoms with van der Waals surface area (Å²) in [6, 6.07) is 8.36. The Morgan fingerprint density at radius 2 is 2.10 bits per heavy atom. The molecule has 3 rings (SSSR count). The summed E-state index contributed by atoms with van der Waals surface area (Å²) in [5.41, 5.74) is 8.16. The van der Waals surface area contributed by atoms with Gasteiger partial charge in [0.1, 0.15) is 0 Å². The van der Waals surface area contributed by atoms with Crippen molar-refractivity contribution in [2.45, 2.75) is 32.4 Å². The highest BCUT2D eigenvalue weighted by Gasteiger charge is 2.19. The lowest BCUT2D eigenvalue weighted by atomic mass is 10.1. The first-order chi connectivity index (χ1) is 9.70. The standard InChI is InChI=1S/C15H20N4O/c1-11-4-6-12(7-5-11)15-18-17-14(20-15)10-19-8-2-3-13(16)9-19/h4-7,13H,2-3,8-10,16H2,1H3. The molecule has 0 aliphatic carbocycles. The van der Waals surface area contributed by atoms with Crippen LogP contribution in [0, 0.1) is 6.92 Å². The van der Waals surface area contributed by atoms with E-state index >= 15 is 0 Å². The van der Waals surface area contributed by atoms with Gasteiger partial charge in [-0.05, 0) is 38.4 Å². The molecule has 1 atom stereocenters. The summed E-state index contributed by atoms with van der Waals surface area (Å²) in [6.07, 6.45) is 2.25. The predicted molar refractivity (Wildman–Crippen MR) is 77.0 cm³/mol. The van der Waals surface area contributed by atoms with Crippen LogP contribution in [0.4, 0.5) is 0 Å². The molecule has 1 aliphatic heterocycles. The summed E-state index contributed by atoms with van der Waals surface area (Å²) in [7, 11) is 0. The fourth-order valence-electron chi connectivity index (χ4n) is 2.56. The molecule has 1 aromatic heterocycles. The Bertz CT molecular complexity index is 564. The van der Waals surface area contributed by atoms with Crippen LogP contribution in [-0.2, 0) is 6.54 Å². The molecular weight excluding hydrogens is 252 g/mol. The molecule has 1 fully saturated rings. The number of aryl methyl sites for hydroxylation is 1. The Labute approximate surface area is 118 Å².